The van der Waals surface area contributed by atoms with E-state index in [1.807, 2.05) is 0 Å². The minimum atomic E-state index is 1.09. The Hall–Kier alpha value is -7.80. The maximum absolute atomic E-state index is 2.30. The van der Waals surface area contributed by atoms with E-state index in [1.54, 1.807) is 0 Å². The van der Waals surface area contributed by atoms with E-state index in [0.29, 0.717) is 0 Å². The van der Waals surface area contributed by atoms with Crippen molar-refractivity contribution in [2.24, 2.45) is 0 Å². The summed E-state index contributed by atoms with van der Waals surface area (Å²) < 4.78 is 0. The third kappa shape index (κ3) is 8.40. The molecule has 0 aromatic heterocycles. The van der Waals surface area contributed by atoms with Crippen LogP contribution in [0.5, 0.6) is 0 Å². The SMILES string of the molecule is C1=Cc2c(ccc3ccccc23)C1.C1=Cc2cc3ccccc3cc2C1.C1=Cc2ccc3ccccc3c2C1.C1=c2cc3ccccc3cc2=CC1.C1=c2ccc3ccccc3c2=CC1. The molecule has 0 N–H and O–H groups in total. The van der Waals surface area contributed by atoms with E-state index < -0.39 is 0 Å². The number of fused-ring (bicyclic) bond motifs is 13. The lowest BCUT2D eigenvalue weighted by atomic mass is 10.0. The lowest BCUT2D eigenvalue weighted by molar-refractivity contribution is 1.32. The zero-order valence-corrected chi connectivity index (χ0v) is 36.6. The van der Waals surface area contributed by atoms with E-state index in [1.165, 1.54) is 108 Å². The van der Waals surface area contributed by atoms with Crippen molar-refractivity contribution in [1.82, 2.24) is 0 Å². The van der Waals surface area contributed by atoms with Crippen molar-refractivity contribution in [1.29, 1.82) is 0 Å². The van der Waals surface area contributed by atoms with Gasteiger partial charge in [0.25, 0.3) is 0 Å². The standard InChI is InChI=1S/5C13H10/c3*1-2-6-12-10(4-1)8-9-11-5-3-7-13(11)12;2*1-2-5-11-9-13-7-3-6-12(13)8-10(11)4-1/h1-2,4-9H,3H2;1-4,6-9H,5H2;1-6,8-9H,7H2;1-2,4-9H,3H2;1-6,8-9H,7H2. The molecule has 0 nitrogen and oxygen atoms in total. The molecule has 15 rings (SSSR count). The second-order valence-electron chi connectivity index (χ2n) is 17.3. The van der Waals surface area contributed by atoms with Gasteiger partial charge in [0.15, 0.2) is 0 Å². The zero-order valence-electron chi connectivity index (χ0n) is 36.6. The van der Waals surface area contributed by atoms with Gasteiger partial charge in [-0.3, -0.25) is 0 Å². The van der Waals surface area contributed by atoms with E-state index in [2.05, 4.69) is 243 Å². The van der Waals surface area contributed by atoms with Crippen LogP contribution in [-0.2, 0) is 19.3 Å². The van der Waals surface area contributed by atoms with Crippen molar-refractivity contribution >= 4 is 96.4 Å². The Bertz CT molecular complexity index is 3720. The van der Waals surface area contributed by atoms with Crippen LogP contribution < -0.4 is 20.9 Å². The topological polar surface area (TPSA) is 0 Å². The third-order valence-corrected chi connectivity index (χ3v) is 13.3. The van der Waals surface area contributed by atoms with Gasteiger partial charge < -0.3 is 0 Å². The van der Waals surface area contributed by atoms with E-state index >= 15 is 0 Å². The summed E-state index contributed by atoms with van der Waals surface area (Å²) in [5.41, 5.74) is 8.59. The Labute approximate surface area is 381 Å². The van der Waals surface area contributed by atoms with Gasteiger partial charge >= 0.3 is 0 Å². The molecule has 65 heavy (non-hydrogen) atoms. The molecule has 0 spiro atoms. The second-order valence-corrected chi connectivity index (χ2v) is 17.3. The third-order valence-electron chi connectivity index (χ3n) is 13.3. The average Bonchev–Trinajstić information content (AvgIpc) is 4.24. The molecule has 0 heteroatoms. The number of hydrogen-bond acceptors (Lipinski definition) is 0. The predicted octanol–water partition coefficient (Wildman–Crippen LogP) is 13.8. The number of rotatable bonds is 0. The van der Waals surface area contributed by atoms with Crippen LogP contribution in [-0.4, -0.2) is 0 Å². The molecule has 0 aliphatic heterocycles. The minimum absolute atomic E-state index is 1.09. The Kier molecular flexibility index (Phi) is 11.2. The van der Waals surface area contributed by atoms with Gasteiger partial charge in [0.05, 0.1) is 0 Å². The average molecular weight is 831 g/mol. The normalized spacial score (nSPS) is 13.5. The summed E-state index contributed by atoms with van der Waals surface area (Å²) in [6.07, 6.45) is 28.0. The summed E-state index contributed by atoms with van der Waals surface area (Å²) in [5.74, 6) is 0. The summed E-state index contributed by atoms with van der Waals surface area (Å²) in [7, 11) is 0. The zero-order chi connectivity index (χ0) is 43.4. The molecule has 0 saturated carbocycles. The van der Waals surface area contributed by atoms with Gasteiger partial charge in [-0.15, -0.1) is 0 Å². The Balaban J connectivity index is 0.0000000901. The summed E-state index contributed by atoms with van der Waals surface area (Å²) in [5, 5.41) is 19.2. The Morgan fingerprint density at radius 3 is 1.52 bits per heavy atom. The highest BCUT2D eigenvalue weighted by Crippen LogP contribution is 2.29. The minimum Gasteiger partial charge on any atom is -0.0795 e. The van der Waals surface area contributed by atoms with E-state index in [4.69, 9.17) is 0 Å². The quantitative estimate of drug-likeness (QED) is 0.143. The van der Waals surface area contributed by atoms with E-state index in [-0.39, 0.29) is 0 Å². The van der Waals surface area contributed by atoms with Crippen molar-refractivity contribution < 1.29 is 0 Å². The molecule has 0 amide bonds. The second kappa shape index (κ2) is 18.1. The molecule has 0 heterocycles. The molecule has 0 atom stereocenters. The van der Waals surface area contributed by atoms with Crippen molar-refractivity contribution in [2.45, 2.75) is 32.1 Å². The molecular weight excluding hydrogens is 781 g/mol. The van der Waals surface area contributed by atoms with Gasteiger partial charge in [-0.05, 0) is 158 Å². The fourth-order valence-electron chi connectivity index (χ4n) is 9.97. The highest BCUT2D eigenvalue weighted by atomic mass is 14.1. The molecule has 0 bridgehead atoms. The van der Waals surface area contributed by atoms with Crippen LogP contribution in [0.3, 0.4) is 0 Å². The Morgan fingerprint density at radius 1 is 0.292 bits per heavy atom. The van der Waals surface area contributed by atoms with Crippen LogP contribution in [0.4, 0.5) is 0 Å². The highest BCUT2D eigenvalue weighted by molar-refractivity contribution is 5.94. The highest BCUT2D eigenvalue weighted by Gasteiger charge is 2.09. The van der Waals surface area contributed by atoms with Gasteiger partial charge in [0.1, 0.15) is 0 Å². The summed E-state index contributed by atoms with van der Waals surface area (Å²) in [4.78, 5) is 0. The van der Waals surface area contributed by atoms with Crippen molar-refractivity contribution in [3.8, 4) is 0 Å². The van der Waals surface area contributed by atoms with Crippen LogP contribution in [0.1, 0.15) is 46.2 Å². The fraction of sp³-hybridized carbons (Fsp3) is 0.0769. The molecule has 0 fully saturated rings. The maximum Gasteiger partial charge on any atom is -0.00820 e. The molecule has 310 valence electrons. The first-order chi connectivity index (χ1) is 32.2. The smallest absolute Gasteiger partial charge is 0.00820 e. The Morgan fingerprint density at radius 2 is 0.785 bits per heavy atom. The first kappa shape index (κ1) is 40.0. The first-order valence-corrected chi connectivity index (χ1v) is 23.1. The van der Waals surface area contributed by atoms with Gasteiger partial charge in [-0.25, -0.2) is 0 Å². The van der Waals surface area contributed by atoms with Crippen LogP contribution >= 0.6 is 0 Å². The molecule has 10 aromatic rings. The molecule has 10 aromatic carbocycles. The monoisotopic (exact) mass is 830 g/mol. The summed E-state index contributed by atoms with van der Waals surface area (Å²) in [6.45, 7) is 0. The van der Waals surface area contributed by atoms with Gasteiger partial charge in [0, 0.05) is 0 Å². The van der Waals surface area contributed by atoms with E-state index in [0.717, 1.165) is 32.1 Å². The van der Waals surface area contributed by atoms with Crippen LogP contribution in [0.25, 0.3) is 96.4 Å². The molecule has 0 radical (unpaired) electrons. The fourth-order valence-corrected chi connectivity index (χ4v) is 9.97. The van der Waals surface area contributed by atoms with Crippen molar-refractivity contribution in [3.05, 3.63) is 254 Å². The summed E-state index contributed by atoms with van der Waals surface area (Å²) in [6, 6.07) is 65.1. The van der Waals surface area contributed by atoms with Gasteiger partial charge in [-0.2, -0.15) is 0 Å². The van der Waals surface area contributed by atoms with Crippen molar-refractivity contribution in [3.63, 3.8) is 0 Å². The number of benzene rings is 10. The lowest BCUT2D eigenvalue weighted by Crippen LogP contribution is -2.21. The van der Waals surface area contributed by atoms with Crippen LogP contribution in [0.15, 0.2) is 200 Å². The largest absolute Gasteiger partial charge is 0.0795 e. The molecular formula is C65H50. The molecule has 0 saturated heterocycles. The lowest BCUT2D eigenvalue weighted by Gasteiger charge is -2.03. The first-order valence-electron chi connectivity index (χ1n) is 23.1. The van der Waals surface area contributed by atoms with Gasteiger partial charge in [0.2, 0.25) is 0 Å². The van der Waals surface area contributed by atoms with Gasteiger partial charge in [-0.1, -0.05) is 225 Å². The van der Waals surface area contributed by atoms with Crippen LogP contribution in [0, 0.1) is 0 Å². The molecule has 5 aliphatic carbocycles. The molecule has 5 aliphatic rings. The predicted molar refractivity (Wildman–Crippen MR) is 284 cm³/mol. The summed E-state index contributed by atoms with van der Waals surface area (Å²) >= 11 is 0. The molecule has 0 unspecified atom stereocenters. The number of allylic oxidation sites excluding steroid dienone is 3. The van der Waals surface area contributed by atoms with Crippen molar-refractivity contribution in [2.75, 3.05) is 0 Å². The van der Waals surface area contributed by atoms with E-state index in [9.17, 15) is 0 Å². The maximum atomic E-state index is 2.30. The van der Waals surface area contributed by atoms with Crippen LogP contribution in [0.2, 0.25) is 0 Å². The number of hydrogen-bond donors (Lipinski definition) is 0.